The molecule has 0 bridgehead atoms. The van der Waals surface area contributed by atoms with Gasteiger partial charge in [0.05, 0.1) is 17.3 Å². The smallest absolute Gasteiger partial charge is 0.252 e. The van der Waals surface area contributed by atoms with Crippen LogP contribution in [0.25, 0.3) is 11.0 Å². The van der Waals surface area contributed by atoms with Crippen LogP contribution >= 0.6 is 0 Å². The van der Waals surface area contributed by atoms with Gasteiger partial charge in [-0.3, -0.25) is 4.79 Å². The van der Waals surface area contributed by atoms with Gasteiger partial charge in [-0.15, -0.1) is 0 Å². The summed E-state index contributed by atoms with van der Waals surface area (Å²) in [6.07, 6.45) is 2.78. The molecular formula is C13H16FN5O. The molecular weight excluding hydrogens is 261 g/mol. The van der Waals surface area contributed by atoms with Crippen molar-refractivity contribution in [1.82, 2.24) is 15.3 Å². The summed E-state index contributed by atoms with van der Waals surface area (Å²) in [4.78, 5) is 18.6. The fourth-order valence-electron chi connectivity index (χ4n) is 2.52. The van der Waals surface area contributed by atoms with Crippen molar-refractivity contribution in [2.24, 2.45) is 5.73 Å². The molecule has 5 N–H and O–H groups in total. The maximum atomic E-state index is 13.9. The van der Waals surface area contributed by atoms with E-state index in [9.17, 15) is 9.18 Å². The monoisotopic (exact) mass is 277 g/mol. The third-order valence-electron chi connectivity index (χ3n) is 3.59. The van der Waals surface area contributed by atoms with Crippen LogP contribution in [0.3, 0.4) is 0 Å². The van der Waals surface area contributed by atoms with E-state index in [1.165, 1.54) is 6.20 Å². The molecule has 0 unspecified atom stereocenters. The van der Waals surface area contributed by atoms with Crippen LogP contribution in [0.4, 0.5) is 10.1 Å². The Bertz CT molecular complexity index is 641. The Hall–Kier alpha value is -2.15. The van der Waals surface area contributed by atoms with Gasteiger partial charge < -0.3 is 21.4 Å². The Kier molecular flexibility index (Phi) is 3.27. The van der Waals surface area contributed by atoms with Crippen LogP contribution in [-0.2, 0) is 0 Å². The van der Waals surface area contributed by atoms with Crippen LogP contribution in [0.15, 0.2) is 18.5 Å². The maximum absolute atomic E-state index is 13.9. The molecule has 0 aromatic carbocycles. The first-order valence-corrected chi connectivity index (χ1v) is 6.54. The second-order valence-electron chi connectivity index (χ2n) is 4.91. The van der Waals surface area contributed by atoms with Crippen LogP contribution in [-0.4, -0.2) is 41.2 Å². The number of pyridine rings is 1. The number of hydrogen-bond donors (Lipinski definition) is 4. The van der Waals surface area contributed by atoms with E-state index in [2.05, 4.69) is 20.6 Å². The van der Waals surface area contributed by atoms with Gasteiger partial charge in [-0.25, -0.2) is 9.37 Å². The van der Waals surface area contributed by atoms with Crippen molar-refractivity contribution >= 4 is 22.6 Å². The molecule has 3 heterocycles. The van der Waals surface area contributed by atoms with Gasteiger partial charge in [-0.1, -0.05) is 0 Å². The number of alkyl halides is 1. The summed E-state index contributed by atoms with van der Waals surface area (Å²) >= 11 is 0. The first-order valence-electron chi connectivity index (χ1n) is 6.54. The van der Waals surface area contributed by atoms with E-state index in [0.29, 0.717) is 24.3 Å². The van der Waals surface area contributed by atoms with Gasteiger partial charge in [0, 0.05) is 24.3 Å². The summed E-state index contributed by atoms with van der Waals surface area (Å²) in [6, 6.07) is 1.46. The van der Waals surface area contributed by atoms with E-state index in [1.54, 1.807) is 12.3 Å². The summed E-state index contributed by atoms with van der Waals surface area (Å²) in [6.45, 7) is 1.05. The highest BCUT2D eigenvalue weighted by molar-refractivity contribution is 6.05. The fourth-order valence-corrected chi connectivity index (χ4v) is 2.52. The van der Waals surface area contributed by atoms with Gasteiger partial charge in [0.2, 0.25) is 0 Å². The molecule has 1 saturated heterocycles. The molecule has 0 aliphatic carbocycles. The lowest BCUT2D eigenvalue weighted by Crippen LogP contribution is -2.45. The number of nitrogens with one attached hydrogen (secondary N) is 3. The van der Waals surface area contributed by atoms with Gasteiger partial charge in [0.1, 0.15) is 11.8 Å². The predicted molar refractivity (Wildman–Crippen MR) is 74.4 cm³/mol. The Balaban J connectivity index is 2.01. The molecule has 6 nitrogen and oxygen atoms in total. The number of fused-ring (bicyclic) bond motifs is 1. The molecule has 2 atom stereocenters. The molecule has 1 aliphatic heterocycles. The molecule has 2 aromatic heterocycles. The van der Waals surface area contributed by atoms with E-state index in [-0.39, 0.29) is 11.6 Å². The summed E-state index contributed by atoms with van der Waals surface area (Å²) in [5, 5.41) is 6.87. The van der Waals surface area contributed by atoms with Crippen molar-refractivity contribution < 1.29 is 9.18 Å². The highest BCUT2D eigenvalue weighted by atomic mass is 19.1. The quantitative estimate of drug-likeness (QED) is 0.666. The van der Waals surface area contributed by atoms with Crippen LogP contribution in [0.1, 0.15) is 16.8 Å². The lowest BCUT2D eigenvalue weighted by atomic mass is 10.0. The Labute approximate surface area is 114 Å². The highest BCUT2D eigenvalue weighted by Gasteiger charge is 2.26. The standard InChI is InChI=1S/C13H16FN5O/c14-9-6-16-3-2-10(9)19-11-7-1-4-17-13(7)18-5-8(11)12(15)20/h1,4-5,9-10,16H,2-3,6H2,(H2,15,20)(H2,17,18,19)/t9-,10+/m1/s1. The second kappa shape index (κ2) is 5.09. The topological polar surface area (TPSA) is 95.8 Å². The molecule has 0 spiro atoms. The molecule has 1 amide bonds. The number of primary amides is 1. The molecule has 1 fully saturated rings. The van der Waals surface area contributed by atoms with Crippen LogP contribution < -0.4 is 16.4 Å². The number of hydrogen-bond acceptors (Lipinski definition) is 4. The molecule has 1 aliphatic rings. The largest absolute Gasteiger partial charge is 0.378 e. The number of halogens is 1. The molecule has 106 valence electrons. The minimum absolute atomic E-state index is 0.280. The van der Waals surface area contributed by atoms with Crippen molar-refractivity contribution in [3.63, 3.8) is 0 Å². The zero-order chi connectivity index (χ0) is 14.1. The van der Waals surface area contributed by atoms with E-state index in [0.717, 1.165) is 11.9 Å². The average Bonchev–Trinajstić information content (AvgIpc) is 2.90. The number of nitrogens with two attached hydrogens (primary N) is 1. The van der Waals surface area contributed by atoms with Crippen LogP contribution in [0.5, 0.6) is 0 Å². The summed E-state index contributed by atoms with van der Waals surface area (Å²) in [5.41, 5.74) is 6.85. The number of aromatic amines is 1. The van der Waals surface area contributed by atoms with Gasteiger partial charge in [0.25, 0.3) is 5.91 Å². The Morgan fingerprint density at radius 3 is 3.15 bits per heavy atom. The number of amides is 1. The number of anilines is 1. The first kappa shape index (κ1) is 12.9. The van der Waals surface area contributed by atoms with Gasteiger partial charge in [-0.05, 0) is 19.0 Å². The Morgan fingerprint density at radius 1 is 1.55 bits per heavy atom. The molecule has 0 radical (unpaired) electrons. The lowest BCUT2D eigenvalue weighted by molar-refractivity contribution is 0.100. The van der Waals surface area contributed by atoms with Gasteiger partial charge in [-0.2, -0.15) is 0 Å². The Morgan fingerprint density at radius 2 is 2.40 bits per heavy atom. The normalized spacial score (nSPS) is 22.9. The van der Waals surface area contributed by atoms with E-state index < -0.39 is 12.1 Å². The maximum Gasteiger partial charge on any atom is 0.252 e. The van der Waals surface area contributed by atoms with Gasteiger partial charge in [0.15, 0.2) is 0 Å². The first-order chi connectivity index (χ1) is 9.66. The third-order valence-corrected chi connectivity index (χ3v) is 3.59. The number of H-pyrrole nitrogens is 1. The van der Waals surface area contributed by atoms with E-state index >= 15 is 0 Å². The van der Waals surface area contributed by atoms with Crippen LogP contribution in [0.2, 0.25) is 0 Å². The summed E-state index contributed by atoms with van der Waals surface area (Å²) < 4.78 is 13.9. The zero-order valence-electron chi connectivity index (χ0n) is 10.8. The molecule has 20 heavy (non-hydrogen) atoms. The van der Waals surface area contributed by atoms with E-state index in [1.807, 2.05) is 0 Å². The summed E-state index contributed by atoms with van der Waals surface area (Å²) in [7, 11) is 0. The molecule has 7 heteroatoms. The minimum atomic E-state index is -1.01. The van der Waals surface area contributed by atoms with Crippen molar-refractivity contribution in [3.05, 3.63) is 24.0 Å². The van der Waals surface area contributed by atoms with Crippen molar-refractivity contribution in [3.8, 4) is 0 Å². The predicted octanol–water partition coefficient (Wildman–Crippen LogP) is 0.774. The third kappa shape index (κ3) is 2.20. The number of aromatic nitrogens is 2. The zero-order valence-corrected chi connectivity index (χ0v) is 10.8. The van der Waals surface area contributed by atoms with Crippen molar-refractivity contribution in [1.29, 1.82) is 0 Å². The van der Waals surface area contributed by atoms with Crippen LogP contribution in [0, 0.1) is 0 Å². The van der Waals surface area contributed by atoms with E-state index in [4.69, 9.17) is 5.73 Å². The number of carbonyl (C=O) groups excluding carboxylic acids is 1. The SMILES string of the molecule is NC(=O)c1cnc2[nH]ccc2c1N[C@H]1CCNC[C@H]1F. The number of piperidine rings is 1. The number of carbonyl (C=O) groups is 1. The molecule has 0 saturated carbocycles. The van der Waals surface area contributed by atoms with Gasteiger partial charge >= 0.3 is 0 Å². The molecule has 3 rings (SSSR count). The average molecular weight is 277 g/mol. The fraction of sp³-hybridized carbons (Fsp3) is 0.385. The number of rotatable bonds is 3. The highest BCUT2D eigenvalue weighted by Crippen LogP contribution is 2.27. The minimum Gasteiger partial charge on any atom is -0.378 e. The second-order valence-corrected chi connectivity index (χ2v) is 4.91. The molecule has 2 aromatic rings. The van der Waals surface area contributed by atoms with Crippen molar-refractivity contribution in [2.75, 3.05) is 18.4 Å². The van der Waals surface area contributed by atoms with Crippen molar-refractivity contribution in [2.45, 2.75) is 18.6 Å². The number of nitrogens with zero attached hydrogens (tertiary/aromatic N) is 1. The summed E-state index contributed by atoms with van der Waals surface area (Å²) in [5.74, 6) is -0.576. The lowest BCUT2D eigenvalue weighted by Gasteiger charge is -2.29.